The van der Waals surface area contributed by atoms with Crippen LogP contribution in [0.15, 0.2) is 41.3 Å². The Balaban J connectivity index is 2.03. The van der Waals surface area contributed by atoms with Crippen molar-refractivity contribution in [2.45, 2.75) is 19.4 Å². The summed E-state index contributed by atoms with van der Waals surface area (Å²) in [5, 5.41) is 13.3. The molecule has 1 amide bonds. The number of aliphatic hydroxyl groups is 1. The molecule has 2 heterocycles. The van der Waals surface area contributed by atoms with E-state index in [4.69, 9.17) is 16.3 Å². The predicted octanol–water partition coefficient (Wildman–Crippen LogP) is 4.17. The molecule has 1 atom stereocenters. The summed E-state index contributed by atoms with van der Waals surface area (Å²) in [6, 6.07) is 7.96. The fourth-order valence-electron chi connectivity index (χ4n) is 3.49. The Bertz CT molecular complexity index is 956. The number of hydrogen-bond acceptors (Lipinski definition) is 6. The zero-order valence-electron chi connectivity index (χ0n) is 17.2. The van der Waals surface area contributed by atoms with E-state index in [1.165, 1.54) is 11.3 Å². The van der Waals surface area contributed by atoms with Gasteiger partial charge in [0.2, 0.25) is 0 Å². The van der Waals surface area contributed by atoms with Crippen molar-refractivity contribution in [2.24, 2.45) is 0 Å². The van der Waals surface area contributed by atoms with Crippen molar-refractivity contribution in [3.8, 4) is 5.75 Å². The molecule has 160 valence electrons. The van der Waals surface area contributed by atoms with E-state index in [-0.39, 0.29) is 11.3 Å². The Labute approximate surface area is 185 Å². The average Bonchev–Trinajstić information content (AvgIpc) is 3.31. The number of ether oxygens (including phenoxy) is 1. The second-order valence-electron chi connectivity index (χ2n) is 7.24. The van der Waals surface area contributed by atoms with E-state index in [0.717, 1.165) is 17.8 Å². The van der Waals surface area contributed by atoms with Crippen molar-refractivity contribution in [3.05, 3.63) is 56.7 Å². The molecule has 6 nitrogen and oxygen atoms in total. The van der Waals surface area contributed by atoms with Crippen LogP contribution in [0.2, 0.25) is 5.02 Å². The molecule has 0 saturated carbocycles. The summed E-state index contributed by atoms with van der Waals surface area (Å²) in [6.45, 7) is 3.52. The number of amides is 1. The van der Waals surface area contributed by atoms with Crippen LogP contribution in [-0.4, -0.2) is 60.4 Å². The summed E-state index contributed by atoms with van der Waals surface area (Å²) < 4.78 is 5.43. The summed E-state index contributed by atoms with van der Waals surface area (Å²) in [7, 11) is 3.92. The van der Waals surface area contributed by atoms with Gasteiger partial charge in [0.1, 0.15) is 11.5 Å². The highest BCUT2D eigenvalue weighted by Crippen LogP contribution is 2.41. The first-order valence-corrected chi connectivity index (χ1v) is 11.0. The molecule has 3 rings (SSSR count). The molecule has 1 N–H and O–H groups in total. The number of carbonyl (C=O) groups is 2. The van der Waals surface area contributed by atoms with Crippen LogP contribution >= 0.6 is 22.9 Å². The monoisotopic (exact) mass is 448 g/mol. The van der Waals surface area contributed by atoms with Crippen LogP contribution in [0.1, 0.15) is 29.8 Å². The third-order valence-electron chi connectivity index (χ3n) is 4.86. The van der Waals surface area contributed by atoms with Gasteiger partial charge in [-0.25, -0.2) is 0 Å². The number of thiophene rings is 1. The second-order valence-corrected chi connectivity index (χ2v) is 8.63. The van der Waals surface area contributed by atoms with Gasteiger partial charge in [-0.2, -0.15) is 0 Å². The molecule has 2 aromatic rings. The number of benzene rings is 1. The number of carbonyl (C=O) groups excluding carboxylic acids is 2. The van der Waals surface area contributed by atoms with Crippen LogP contribution in [0, 0.1) is 0 Å². The maximum Gasteiger partial charge on any atom is 0.295 e. The Morgan fingerprint density at radius 3 is 2.67 bits per heavy atom. The smallest absolute Gasteiger partial charge is 0.295 e. The number of likely N-dealkylation sites (tertiary alicyclic amines) is 1. The average molecular weight is 449 g/mol. The van der Waals surface area contributed by atoms with Crippen molar-refractivity contribution in [1.82, 2.24) is 9.80 Å². The highest BCUT2D eigenvalue weighted by molar-refractivity contribution is 7.10. The van der Waals surface area contributed by atoms with Crippen molar-refractivity contribution < 1.29 is 19.4 Å². The van der Waals surface area contributed by atoms with Crippen LogP contribution in [0.25, 0.3) is 5.76 Å². The van der Waals surface area contributed by atoms with Crippen LogP contribution in [0.5, 0.6) is 5.75 Å². The summed E-state index contributed by atoms with van der Waals surface area (Å²) in [6.07, 6.45) is 0.719. The number of hydrogen-bond donors (Lipinski definition) is 1. The molecule has 0 aliphatic carbocycles. The molecule has 1 fully saturated rings. The second kappa shape index (κ2) is 9.64. The fourth-order valence-corrected chi connectivity index (χ4v) is 4.57. The number of aliphatic hydroxyl groups excluding tert-OH is 1. The fraction of sp³-hybridized carbons (Fsp3) is 0.364. The maximum absolute atomic E-state index is 12.9. The van der Waals surface area contributed by atoms with Gasteiger partial charge in [0.05, 0.1) is 23.2 Å². The highest BCUT2D eigenvalue weighted by atomic mass is 35.5. The molecular weight excluding hydrogens is 424 g/mol. The SMILES string of the molecule is CCOc1ccc(/C(O)=C2\C(=O)C(=O)N(CCCN(C)C)[C@@H]2c2cccs2)cc1Cl. The molecule has 0 radical (unpaired) electrons. The molecule has 0 bridgehead atoms. The van der Waals surface area contributed by atoms with Gasteiger partial charge in [-0.05, 0) is 63.6 Å². The molecule has 1 saturated heterocycles. The van der Waals surface area contributed by atoms with Crippen molar-refractivity contribution in [1.29, 1.82) is 0 Å². The minimum atomic E-state index is -0.680. The first-order chi connectivity index (χ1) is 14.3. The lowest BCUT2D eigenvalue weighted by atomic mass is 9.99. The zero-order chi connectivity index (χ0) is 21.8. The van der Waals surface area contributed by atoms with E-state index in [2.05, 4.69) is 0 Å². The molecular formula is C22H25ClN2O4S. The van der Waals surface area contributed by atoms with E-state index in [0.29, 0.717) is 29.5 Å². The quantitative estimate of drug-likeness (QED) is 0.373. The first kappa shape index (κ1) is 22.3. The number of Topliss-reactive ketones (excluding diaryl/α,β-unsaturated/α-hetero) is 1. The normalized spacial score (nSPS) is 18.4. The van der Waals surface area contributed by atoms with E-state index >= 15 is 0 Å². The number of halogens is 1. The number of nitrogens with zero attached hydrogens (tertiary/aromatic N) is 2. The third kappa shape index (κ3) is 4.53. The van der Waals surface area contributed by atoms with Crippen molar-refractivity contribution >= 4 is 40.4 Å². The highest BCUT2D eigenvalue weighted by Gasteiger charge is 2.46. The third-order valence-corrected chi connectivity index (χ3v) is 6.08. The van der Waals surface area contributed by atoms with Gasteiger partial charge in [0.15, 0.2) is 0 Å². The lowest BCUT2D eigenvalue weighted by Crippen LogP contribution is -2.32. The van der Waals surface area contributed by atoms with Gasteiger partial charge in [-0.3, -0.25) is 9.59 Å². The molecule has 1 aliphatic heterocycles. The van der Waals surface area contributed by atoms with Crippen LogP contribution in [0.4, 0.5) is 0 Å². The van der Waals surface area contributed by atoms with Gasteiger partial charge in [0, 0.05) is 17.0 Å². The Kier molecular flexibility index (Phi) is 7.18. The van der Waals surface area contributed by atoms with Crippen LogP contribution < -0.4 is 4.74 Å². The predicted molar refractivity (Wildman–Crippen MR) is 119 cm³/mol. The Morgan fingerprint density at radius 1 is 1.30 bits per heavy atom. The Morgan fingerprint density at radius 2 is 2.07 bits per heavy atom. The molecule has 1 aliphatic rings. The lowest BCUT2D eigenvalue weighted by Gasteiger charge is -2.24. The van der Waals surface area contributed by atoms with Gasteiger partial charge >= 0.3 is 0 Å². The molecule has 8 heteroatoms. The first-order valence-electron chi connectivity index (χ1n) is 9.74. The van der Waals surface area contributed by atoms with Crippen molar-refractivity contribution in [3.63, 3.8) is 0 Å². The standard InChI is InChI=1S/C22H25ClN2O4S/c1-4-29-16-9-8-14(13-15(16)23)20(26)18-19(17-7-5-12-30-17)25(22(28)21(18)27)11-6-10-24(2)3/h5,7-9,12-13,19,26H,4,6,10-11H2,1-3H3/b20-18+/t19-/m1/s1. The summed E-state index contributed by atoms with van der Waals surface area (Å²) in [4.78, 5) is 30.1. The topological polar surface area (TPSA) is 70.1 Å². The van der Waals surface area contributed by atoms with Gasteiger partial charge in [-0.15, -0.1) is 11.3 Å². The van der Waals surface area contributed by atoms with Crippen molar-refractivity contribution in [2.75, 3.05) is 33.8 Å². The lowest BCUT2D eigenvalue weighted by molar-refractivity contribution is -0.139. The molecule has 1 aromatic carbocycles. The number of rotatable bonds is 8. The van der Waals surface area contributed by atoms with Gasteiger partial charge in [-0.1, -0.05) is 17.7 Å². The largest absolute Gasteiger partial charge is 0.507 e. The van der Waals surface area contributed by atoms with E-state index in [1.807, 2.05) is 43.4 Å². The van der Waals surface area contributed by atoms with Gasteiger partial charge < -0.3 is 19.6 Å². The molecule has 0 spiro atoms. The van der Waals surface area contributed by atoms with E-state index < -0.39 is 17.7 Å². The zero-order valence-corrected chi connectivity index (χ0v) is 18.8. The van der Waals surface area contributed by atoms with Crippen LogP contribution in [-0.2, 0) is 9.59 Å². The van der Waals surface area contributed by atoms with Crippen LogP contribution in [0.3, 0.4) is 0 Å². The summed E-state index contributed by atoms with van der Waals surface area (Å²) >= 11 is 7.71. The Hall–Kier alpha value is -2.35. The van der Waals surface area contributed by atoms with E-state index in [1.54, 1.807) is 23.1 Å². The molecule has 1 aromatic heterocycles. The summed E-state index contributed by atoms with van der Waals surface area (Å²) in [5.41, 5.74) is 0.462. The molecule has 0 unspecified atom stereocenters. The summed E-state index contributed by atoms with van der Waals surface area (Å²) in [5.74, 6) is -1.01. The van der Waals surface area contributed by atoms with E-state index in [9.17, 15) is 14.7 Å². The minimum Gasteiger partial charge on any atom is -0.507 e. The molecule has 30 heavy (non-hydrogen) atoms. The number of ketones is 1. The maximum atomic E-state index is 12.9. The van der Waals surface area contributed by atoms with Gasteiger partial charge in [0.25, 0.3) is 11.7 Å². The minimum absolute atomic E-state index is 0.0903.